The molecule has 0 radical (unpaired) electrons. The van der Waals surface area contributed by atoms with Gasteiger partial charge in [-0.2, -0.15) is 0 Å². The molecule has 2 aliphatic rings. The van der Waals surface area contributed by atoms with Gasteiger partial charge in [0.15, 0.2) is 11.5 Å². The average molecular weight is 340 g/mol. The lowest BCUT2D eigenvalue weighted by molar-refractivity contribution is 0.122. The van der Waals surface area contributed by atoms with Gasteiger partial charge in [-0.25, -0.2) is 0 Å². The van der Waals surface area contributed by atoms with E-state index < -0.39 is 0 Å². The smallest absolute Gasteiger partial charge is 0.161 e. The van der Waals surface area contributed by atoms with Crippen LogP contribution in [-0.4, -0.2) is 39.5 Å². The van der Waals surface area contributed by atoms with Gasteiger partial charge in [-0.3, -0.25) is 0 Å². The molecular formula is C20H24N2O3. The number of morpholine rings is 1. The van der Waals surface area contributed by atoms with Gasteiger partial charge in [0.2, 0.25) is 0 Å². The summed E-state index contributed by atoms with van der Waals surface area (Å²) in [5, 5.41) is 3.49. The highest BCUT2D eigenvalue weighted by Crippen LogP contribution is 2.30. The Hall–Kier alpha value is -2.24. The van der Waals surface area contributed by atoms with Crippen molar-refractivity contribution in [2.75, 3.05) is 44.4 Å². The summed E-state index contributed by atoms with van der Waals surface area (Å²) < 4.78 is 16.6. The molecule has 4 rings (SSSR count). The highest BCUT2D eigenvalue weighted by Gasteiger charge is 2.12. The van der Waals surface area contributed by atoms with Crippen LogP contribution < -0.4 is 19.7 Å². The normalized spacial score (nSPS) is 16.7. The molecule has 1 saturated heterocycles. The van der Waals surface area contributed by atoms with Gasteiger partial charge in [0, 0.05) is 31.9 Å². The summed E-state index contributed by atoms with van der Waals surface area (Å²) in [6, 6.07) is 14.9. The zero-order chi connectivity index (χ0) is 16.9. The summed E-state index contributed by atoms with van der Waals surface area (Å²) in [6.07, 6.45) is 0. The van der Waals surface area contributed by atoms with Gasteiger partial charge >= 0.3 is 0 Å². The maximum absolute atomic E-state index is 5.63. The molecule has 0 unspecified atom stereocenters. The SMILES string of the molecule is c1cc(N2CCOCC2)ccc1CNCc1ccc2c(c1)OCCO2. The molecule has 5 nitrogen and oxygen atoms in total. The second-order valence-electron chi connectivity index (χ2n) is 6.35. The first-order valence-corrected chi connectivity index (χ1v) is 8.89. The highest BCUT2D eigenvalue weighted by molar-refractivity contribution is 5.48. The van der Waals surface area contributed by atoms with Crippen LogP contribution in [0.4, 0.5) is 5.69 Å². The van der Waals surface area contributed by atoms with Crippen LogP contribution in [0.5, 0.6) is 11.5 Å². The van der Waals surface area contributed by atoms with E-state index in [2.05, 4.69) is 46.6 Å². The zero-order valence-corrected chi connectivity index (χ0v) is 14.4. The molecule has 132 valence electrons. The van der Waals surface area contributed by atoms with Crippen molar-refractivity contribution in [3.63, 3.8) is 0 Å². The Bertz CT molecular complexity index is 697. The summed E-state index contributed by atoms with van der Waals surface area (Å²) in [7, 11) is 0. The molecule has 2 heterocycles. The lowest BCUT2D eigenvalue weighted by Crippen LogP contribution is -2.36. The van der Waals surface area contributed by atoms with Crippen LogP contribution in [0.3, 0.4) is 0 Å². The van der Waals surface area contributed by atoms with E-state index in [1.165, 1.54) is 16.8 Å². The number of hydrogen-bond donors (Lipinski definition) is 1. The second kappa shape index (κ2) is 7.76. The van der Waals surface area contributed by atoms with Gasteiger partial charge in [-0.1, -0.05) is 18.2 Å². The van der Waals surface area contributed by atoms with Crippen LogP contribution in [0.15, 0.2) is 42.5 Å². The third-order valence-corrected chi connectivity index (χ3v) is 4.58. The van der Waals surface area contributed by atoms with E-state index in [9.17, 15) is 0 Å². The number of nitrogens with zero attached hydrogens (tertiary/aromatic N) is 1. The van der Waals surface area contributed by atoms with Crippen LogP contribution in [0.1, 0.15) is 11.1 Å². The fraction of sp³-hybridized carbons (Fsp3) is 0.400. The molecule has 1 fully saturated rings. The molecule has 0 amide bonds. The molecule has 0 atom stereocenters. The van der Waals surface area contributed by atoms with Crippen LogP contribution in [0, 0.1) is 0 Å². The maximum Gasteiger partial charge on any atom is 0.161 e. The zero-order valence-electron chi connectivity index (χ0n) is 14.4. The molecule has 25 heavy (non-hydrogen) atoms. The third-order valence-electron chi connectivity index (χ3n) is 4.58. The van der Waals surface area contributed by atoms with Crippen molar-refractivity contribution < 1.29 is 14.2 Å². The van der Waals surface area contributed by atoms with Crippen LogP contribution >= 0.6 is 0 Å². The van der Waals surface area contributed by atoms with Crippen LogP contribution in [-0.2, 0) is 17.8 Å². The van der Waals surface area contributed by atoms with Crippen molar-refractivity contribution in [2.45, 2.75) is 13.1 Å². The van der Waals surface area contributed by atoms with E-state index in [4.69, 9.17) is 14.2 Å². The van der Waals surface area contributed by atoms with E-state index in [0.29, 0.717) is 13.2 Å². The largest absolute Gasteiger partial charge is 0.486 e. The molecule has 5 heteroatoms. The molecule has 0 bridgehead atoms. The summed E-state index contributed by atoms with van der Waals surface area (Å²) in [6.45, 7) is 6.49. The number of ether oxygens (including phenoxy) is 3. The minimum absolute atomic E-state index is 0.624. The lowest BCUT2D eigenvalue weighted by Gasteiger charge is -2.28. The Labute approximate surface area is 148 Å². The Morgan fingerprint density at radius 1 is 0.760 bits per heavy atom. The topological polar surface area (TPSA) is 43.0 Å². The van der Waals surface area contributed by atoms with Crippen molar-refractivity contribution in [1.29, 1.82) is 0 Å². The molecule has 0 aromatic heterocycles. The number of hydrogen-bond acceptors (Lipinski definition) is 5. The van der Waals surface area contributed by atoms with Crippen molar-refractivity contribution in [1.82, 2.24) is 5.32 Å². The first-order chi connectivity index (χ1) is 12.4. The van der Waals surface area contributed by atoms with Gasteiger partial charge in [-0.05, 0) is 35.4 Å². The number of nitrogens with one attached hydrogen (secondary N) is 1. The van der Waals surface area contributed by atoms with E-state index in [0.717, 1.165) is 50.9 Å². The summed E-state index contributed by atoms with van der Waals surface area (Å²) in [5.74, 6) is 1.69. The highest BCUT2D eigenvalue weighted by atomic mass is 16.6. The predicted octanol–water partition coefficient (Wildman–Crippen LogP) is 2.58. The second-order valence-corrected chi connectivity index (χ2v) is 6.35. The standard InChI is InChI=1S/C20H24N2O3/c1-4-18(22-7-9-23-10-8-22)5-2-16(1)14-21-15-17-3-6-19-20(13-17)25-12-11-24-19/h1-6,13,21H,7-12,14-15H2. The summed E-state index contributed by atoms with van der Waals surface area (Å²) >= 11 is 0. The minimum atomic E-state index is 0.624. The molecule has 2 aliphatic heterocycles. The molecular weight excluding hydrogens is 316 g/mol. The van der Waals surface area contributed by atoms with Crippen molar-refractivity contribution in [3.05, 3.63) is 53.6 Å². The van der Waals surface area contributed by atoms with E-state index >= 15 is 0 Å². The summed E-state index contributed by atoms with van der Waals surface area (Å²) in [4.78, 5) is 2.37. The number of rotatable bonds is 5. The maximum atomic E-state index is 5.63. The molecule has 0 spiro atoms. The molecule has 1 N–H and O–H groups in total. The quantitative estimate of drug-likeness (QED) is 0.906. The molecule has 0 saturated carbocycles. The van der Waals surface area contributed by atoms with Crippen LogP contribution in [0.25, 0.3) is 0 Å². The number of anilines is 1. The Morgan fingerprint density at radius 3 is 2.24 bits per heavy atom. The first kappa shape index (κ1) is 16.2. The average Bonchev–Trinajstić information content (AvgIpc) is 2.69. The van der Waals surface area contributed by atoms with E-state index in [1.807, 2.05) is 6.07 Å². The van der Waals surface area contributed by atoms with Crippen LogP contribution in [0.2, 0.25) is 0 Å². The van der Waals surface area contributed by atoms with Gasteiger partial charge < -0.3 is 24.4 Å². The number of fused-ring (bicyclic) bond motifs is 1. The minimum Gasteiger partial charge on any atom is -0.486 e. The fourth-order valence-corrected chi connectivity index (χ4v) is 3.20. The first-order valence-electron chi connectivity index (χ1n) is 8.89. The Kier molecular flexibility index (Phi) is 5.04. The van der Waals surface area contributed by atoms with Crippen molar-refractivity contribution in [3.8, 4) is 11.5 Å². The van der Waals surface area contributed by atoms with Gasteiger partial charge in [0.05, 0.1) is 13.2 Å². The third kappa shape index (κ3) is 4.06. The monoisotopic (exact) mass is 340 g/mol. The van der Waals surface area contributed by atoms with Crippen molar-refractivity contribution in [2.24, 2.45) is 0 Å². The molecule has 2 aromatic rings. The Morgan fingerprint density at radius 2 is 1.44 bits per heavy atom. The Balaban J connectivity index is 1.29. The molecule has 2 aromatic carbocycles. The predicted molar refractivity (Wildman–Crippen MR) is 97.4 cm³/mol. The van der Waals surface area contributed by atoms with E-state index in [1.54, 1.807) is 0 Å². The van der Waals surface area contributed by atoms with Gasteiger partial charge in [0.1, 0.15) is 13.2 Å². The number of benzene rings is 2. The molecule has 0 aliphatic carbocycles. The lowest BCUT2D eigenvalue weighted by atomic mass is 10.1. The summed E-state index contributed by atoms with van der Waals surface area (Å²) in [5.41, 5.74) is 3.77. The fourth-order valence-electron chi connectivity index (χ4n) is 3.20. The van der Waals surface area contributed by atoms with Crippen molar-refractivity contribution >= 4 is 5.69 Å². The van der Waals surface area contributed by atoms with Gasteiger partial charge in [-0.15, -0.1) is 0 Å². The van der Waals surface area contributed by atoms with E-state index in [-0.39, 0.29) is 0 Å². The van der Waals surface area contributed by atoms with Gasteiger partial charge in [0.25, 0.3) is 0 Å².